The largest absolute Gasteiger partial charge is 0.494 e. The minimum atomic E-state index is -0.383. The Balaban J connectivity index is 1.72. The van der Waals surface area contributed by atoms with Crippen LogP contribution in [0, 0.1) is 5.92 Å². The van der Waals surface area contributed by atoms with Crippen molar-refractivity contribution in [3.05, 3.63) is 23.2 Å². The minimum Gasteiger partial charge on any atom is -0.492 e. The molecular formula is C18H26BClO3. The molecule has 23 heavy (non-hydrogen) atoms. The van der Waals surface area contributed by atoms with E-state index in [0.717, 1.165) is 17.8 Å². The molecule has 3 rings (SSSR count). The zero-order valence-electron chi connectivity index (χ0n) is 14.5. The van der Waals surface area contributed by atoms with Gasteiger partial charge in [-0.25, -0.2) is 0 Å². The topological polar surface area (TPSA) is 27.7 Å². The van der Waals surface area contributed by atoms with Gasteiger partial charge in [-0.3, -0.25) is 0 Å². The van der Waals surface area contributed by atoms with E-state index < -0.39 is 0 Å². The summed E-state index contributed by atoms with van der Waals surface area (Å²) in [6.45, 7) is 8.97. The molecule has 0 bridgehead atoms. The third-order valence-corrected chi connectivity index (χ3v) is 5.74. The van der Waals surface area contributed by atoms with E-state index in [1.807, 2.05) is 18.2 Å². The van der Waals surface area contributed by atoms with Crippen molar-refractivity contribution in [1.82, 2.24) is 0 Å². The van der Waals surface area contributed by atoms with Gasteiger partial charge in [-0.1, -0.05) is 30.5 Å². The summed E-state index contributed by atoms with van der Waals surface area (Å²) in [6.07, 6.45) is 5.15. The number of hydrogen-bond donors (Lipinski definition) is 0. The quantitative estimate of drug-likeness (QED) is 0.771. The molecule has 2 fully saturated rings. The van der Waals surface area contributed by atoms with Crippen molar-refractivity contribution in [1.29, 1.82) is 0 Å². The second-order valence-corrected chi connectivity index (χ2v) is 8.15. The van der Waals surface area contributed by atoms with Gasteiger partial charge in [0.2, 0.25) is 0 Å². The van der Waals surface area contributed by atoms with Crippen LogP contribution in [0.2, 0.25) is 5.02 Å². The Kier molecular flexibility index (Phi) is 4.70. The Morgan fingerprint density at radius 3 is 2.35 bits per heavy atom. The zero-order chi connectivity index (χ0) is 16.7. The molecule has 5 heteroatoms. The normalized spacial score (nSPS) is 23.4. The van der Waals surface area contributed by atoms with E-state index in [2.05, 4.69) is 27.7 Å². The summed E-state index contributed by atoms with van der Waals surface area (Å²) in [5, 5.41) is 0.642. The first-order chi connectivity index (χ1) is 10.8. The monoisotopic (exact) mass is 336 g/mol. The molecule has 2 aliphatic rings. The van der Waals surface area contributed by atoms with Crippen LogP contribution in [0.4, 0.5) is 0 Å². The number of hydrogen-bond acceptors (Lipinski definition) is 3. The van der Waals surface area contributed by atoms with Gasteiger partial charge >= 0.3 is 7.12 Å². The highest BCUT2D eigenvalue weighted by Crippen LogP contribution is 2.37. The van der Waals surface area contributed by atoms with Gasteiger partial charge in [-0.2, -0.15) is 0 Å². The zero-order valence-corrected chi connectivity index (χ0v) is 15.3. The Morgan fingerprint density at radius 1 is 1.13 bits per heavy atom. The SMILES string of the molecule is CC1(C)OB(c2ccc(Cl)c(OCC3CCCC3)c2)OC1(C)C. The Morgan fingerprint density at radius 2 is 1.74 bits per heavy atom. The van der Waals surface area contributed by atoms with Crippen LogP contribution in [0.25, 0.3) is 0 Å². The molecular weight excluding hydrogens is 310 g/mol. The van der Waals surface area contributed by atoms with Crippen molar-refractivity contribution in [2.45, 2.75) is 64.6 Å². The summed E-state index contributed by atoms with van der Waals surface area (Å²) < 4.78 is 18.2. The molecule has 1 aliphatic carbocycles. The third kappa shape index (κ3) is 3.54. The van der Waals surface area contributed by atoms with Gasteiger partial charge in [-0.15, -0.1) is 0 Å². The van der Waals surface area contributed by atoms with Gasteiger partial charge in [0, 0.05) is 0 Å². The second kappa shape index (κ2) is 6.31. The first kappa shape index (κ1) is 17.1. The van der Waals surface area contributed by atoms with Crippen LogP contribution in [0.15, 0.2) is 18.2 Å². The number of rotatable bonds is 4. The second-order valence-electron chi connectivity index (χ2n) is 7.74. The van der Waals surface area contributed by atoms with Crippen LogP contribution < -0.4 is 10.2 Å². The van der Waals surface area contributed by atoms with Crippen molar-refractivity contribution in [3.63, 3.8) is 0 Å². The molecule has 0 atom stereocenters. The molecule has 1 saturated carbocycles. The fourth-order valence-electron chi connectivity index (χ4n) is 3.14. The van der Waals surface area contributed by atoms with Crippen molar-refractivity contribution < 1.29 is 14.0 Å². The average Bonchev–Trinajstić information content (AvgIpc) is 3.05. The predicted octanol–water partition coefficient (Wildman–Crippen LogP) is 4.21. The Labute approximate surface area is 144 Å². The first-order valence-corrected chi connectivity index (χ1v) is 8.94. The minimum absolute atomic E-state index is 0.345. The molecule has 0 spiro atoms. The van der Waals surface area contributed by atoms with Gasteiger partial charge in [-0.05, 0) is 64.1 Å². The summed E-state index contributed by atoms with van der Waals surface area (Å²) in [5.41, 5.74) is 0.263. The highest BCUT2D eigenvalue weighted by Gasteiger charge is 2.51. The smallest absolute Gasteiger partial charge is 0.492 e. The van der Waals surface area contributed by atoms with E-state index >= 15 is 0 Å². The van der Waals surface area contributed by atoms with E-state index in [-0.39, 0.29) is 18.3 Å². The van der Waals surface area contributed by atoms with Crippen LogP contribution >= 0.6 is 11.6 Å². The molecule has 1 aromatic carbocycles. The molecule has 0 N–H and O–H groups in total. The highest BCUT2D eigenvalue weighted by molar-refractivity contribution is 6.62. The van der Waals surface area contributed by atoms with Crippen molar-refractivity contribution in [2.24, 2.45) is 5.92 Å². The lowest BCUT2D eigenvalue weighted by molar-refractivity contribution is 0.00578. The summed E-state index contributed by atoms with van der Waals surface area (Å²) in [6, 6.07) is 5.78. The van der Waals surface area contributed by atoms with E-state index in [0.29, 0.717) is 10.9 Å². The maximum absolute atomic E-state index is 6.29. The van der Waals surface area contributed by atoms with Crippen LogP contribution in [-0.2, 0) is 9.31 Å². The molecule has 1 heterocycles. The van der Waals surface area contributed by atoms with Crippen LogP contribution in [0.1, 0.15) is 53.4 Å². The van der Waals surface area contributed by atoms with Gasteiger partial charge in [0.25, 0.3) is 0 Å². The number of halogens is 1. The molecule has 0 aromatic heterocycles. The highest BCUT2D eigenvalue weighted by atomic mass is 35.5. The standard InChI is InChI=1S/C18H26BClO3/c1-17(2)18(3,4)23-19(22-17)14-9-10-15(20)16(11-14)21-12-13-7-5-6-8-13/h9-11,13H,5-8,12H2,1-4H3. The van der Waals surface area contributed by atoms with Gasteiger partial charge in [0.15, 0.2) is 0 Å². The molecule has 126 valence electrons. The first-order valence-electron chi connectivity index (χ1n) is 8.56. The fraction of sp³-hybridized carbons (Fsp3) is 0.667. The predicted molar refractivity (Wildman–Crippen MR) is 94.6 cm³/mol. The maximum atomic E-state index is 6.29. The third-order valence-electron chi connectivity index (χ3n) is 5.43. The van der Waals surface area contributed by atoms with E-state index in [1.54, 1.807) is 0 Å². The van der Waals surface area contributed by atoms with Gasteiger partial charge in [0.1, 0.15) is 5.75 Å². The molecule has 3 nitrogen and oxygen atoms in total. The number of benzene rings is 1. The van der Waals surface area contributed by atoms with Crippen molar-refractivity contribution in [3.8, 4) is 5.75 Å². The summed E-state index contributed by atoms with van der Waals surface area (Å²) in [7, 11) is -0.383. The Hall–Kier alpha value is -0.705. The summed E-state index contributed by atoms with van der Waals surface area (Å²) in [5.74, 6) is 1.39. The molecule has 0 radical (unpaired) electrons. The number of ether oxygens (including phenoxy) is 1. The molecule has 0 amide bonds. The van der Waals surface area contributed by atoms with E-state index in [9.17, 15) is 0 Å². The van der Waals surface area contributed by atoms with Crippen LogP contribution in [0.3, 0.4) is 0 Å². The summed E-state index contributed by atoms with van der Waals surface area (Å²) >= 11 is 6.29. The Bertz CT molecular complexity index is 551. The van der Waals surface area contributed by atoms with Gasteiger partial charge in [0.05, 0.1) is 22.8 Å². The molecule has 1 saturated heterocycles. The molecule has 1 aliphatic heterocycles. The van der Waals surface area contributed by atoms with Gasteiger partial charge < -0.3 is 14.0 Å². The fourth-order valence-corrected chi connectivity index (χ4v) is 3.31. The van der Waals surface area contributed by atoms with E-state index in [1.165, 1.54) is 25.7 Å². The van der Waals surface area contributed by atoms with Crippen molar-refractivity contribution >= 4 is 24.2 Å². The molecule has 1 aromatic rings. The van der Waals surface area contributed by atoms with Crippen LogP contribution in [-0.4, -0.2) is 24.9 Å². The maximum Gasteiger partial charge on any atom is 0.494 e. The molecule has 0 unspecified atom stereocenters. The average molecular weight is 337 g/mol. The van der Waals surface area contributed by atoms with E-state index in [4.69, 9.17) is 25.6 Å². The lowest BCUT2D eigenvalue weighted by Gasteiger charge is -2.32. The lowest BCUT2D eigenvalue weighted by atomic mass is 9.79. The van der Waals surface area contributed by atoms with Crippen LogP contribution in [0.5, 0.6) is 5.75 Å². The van der Waals surface area contributed by atoms with Crippen molar-refractivity contribution in [2.75, 3.05) is 6.61 Å². The summed E-state index contributed by atoms with van der Waals surface area (Å²) in [4.78, 5) is 0. The lowest BCUT2D eigenvalue weighted by Crippen LogP contribution is -2.41.